The molecule has 1 aliphatic heterocycles. The molecule has 27 heavy (non-hydrogen) atoms. The number of nitrogens with zero attached hydrogens (tertiary/aromatic N) is 1. The number of rotatable bonds is 5. The van der Waals surface area contributed by atoms with Crippen LogP contribution in [-0.4, -0.2) is 36.9 Å². The number of anilines is 1. The molecule has 2 aromatic carbocycles. The molecular formula is C22H26N2O3. The second-order valence-corrected chi connectivity index (χ2v) is 7.04. The maximum Gasteiger partial charge on any atom is 0.227 e. The van der Waals surface area contributed by atoms with E-state index >= 15 is 0 Å². The van der Waals surface area contributed by atoms with Crippen LogP contribution < -0.4 is 10.1 Å². The summed E-state index contributed by atoms with van der Waals surface area (Å²) in [6.45, 7) is 3.29. The van der Waals surface area contributed by atoms with Crippen LogP contribution in [0.3, 0.4) is 0 Å². The summed E-state index contributed by atoms with van der Waals surface area (Å²) in [6.07, 6.45) is 1.81. The minimum absolute atomic E-state index is 0.0194. The molecule has 0 unspecified atom stereocenters. The smallest absolute Gasteiger partial charge is 0.227 e. The Kier molecular flexibility index (Phi) is 6.12. The summed E-state index contributed by atoms with van der Waals surface area (Å²) in [5.74, 6) is 0.851. The van der Waals surface area contributed by atoms with Gasteiger partial charge < -0.3 is 15.0 Å². The summed E-state index contributed by atoms with van der Waals surface area (Å²) in [7, 11) is 1.61. The van der Waals surface area contributed by atoms with Crippen molar-refractivity contribution in [1.29, 1.82) is 0 Å². The molecule has 0 aromatic heterocycles. The maximum absolute atomic E-state index is 12.5. The van der Waals surface area contributed by atoms with Gasteiger partial charge in [0.15, 0.2) is 0 Å². The topological polar surface area (TPSA) is 58.6 Å². The Balaban J connectivity index is 1.48. The van der Waals surface area contributed by atoms with Gasteiger partial charge in [-0.3, -0.25) is 9.59 Å². The van der Waals surface area contributed by atoms with E-state index in [1.807, 2.05) is 60.4 Å². The zero-order chi connectivity index (χ0) is 19.2. The predicted molar refractivity (Wildman–Crippen MR) is 106 cm³/mol. The zero-order valence-electron chi connectivity index (χ0n) is 15.9. The Morgan fingerprint density at radius 1 is 1.11 bits per heavy atom. The standard InChI is InChI=1S/C22H26N2O3/c1-16-4-3-5-17(14-16)15-21(25)24-12-10-18(11-13-24)22(26)23-19-6-8-20(27-2)9-7-19/h3-9,14,18H,10-13,15H2,1-2H3,(H,23,26). The molecule has 5 heteroatoms. The Labute approximate surface area is 160 Å². The molecule has 1 N–H and O–H groups in total. The first kappa shape index (κ1) is 19.0. The van der Waals surface area contributed by atoms with E-state index in [9.17, 15) is 9.59 Å². The molecule has 0 radical (unpaired) electrons. The average molecular weight is 366 g/mol. The number of amides is 2. The number of methoxy groups -OCH3 is 1. The number of benzene rings is 2. The van der Waals surface area contributed by atoms with Gasteiger partial charge >= 0.3 is 0 Å². The van der Waals surface area contributed by atoms with E-state index in [1.54, 1.807) is 7.11 Å². The van der Waals surface area contributed by atoms with Crippen LogP contribution in [0.25, 0.3) is 0 Å². The van der Waals surface area contributed by atoms with Crippen LogP contribution >= 0.6 is 0 Å². The fraction of sp³-hybridized carbons (Fsp3) is 0.364. The van der Waals surface area contributed by atoms with Crippen molar-refractivity contribution in [3.63, 3.8) is 0 Å². The summed E-state index contributed by atoms with van der Waals surface area (Å²) >= 11 is 0. The largest absolute Gasteiger partial charge is 0.497 e. The van der Waals surface area contributed by atoms with Crippen molar-refractivity contribution in [3.05, 3.63) is 59.7 Å². The fourth-order valence-corrected chi connectivity index (χ4v) is 3.42. The van der Waals surface area contributed by atoms with Gasteiger partial charge in [-0.1, -0.05) is 29.8 Å². The molecule has 0 atom stereocenters. The summed E-state index contributed by atoms with van der Waals surface area (Å²) in [6, 6.07) is 15.3. The van der Waals surface area contributed by atoms with Crippen LogP contribution in [0.1, 0.15) is 24.0 Å². The first-order chi connectivity index (χ1) is 13.0. The van der Waals surface area contributed by atoms with Gasteiger partial charge in [0, 0.05) is 24.7 Å². The number of nitrogens with one attached hydrogen (secondary N) is 1. The molecule has 5 nitrogen and oxygen atoms in total. The molecule has 2 amide bonds. The minimum Gasteiger partial charge on any atom is -0.497 e. The molecule has 1 aliphatic rings. The summed E-state index contributed by atoms with van der Waals surface area (Å²) in [4.78, 5) is 26.9. The van der Waals surface area contributed by atoms with E-state index in [-0.39, 0.29) is 17.7 Å². The normalized spacial score (nSPS) is 14.7. The van der Waals surface area contributed by atoms with Gasteiger partial charge in [0.1, 0.15) is 5.75 Å². The second-order valence-electron chi connectivity index (χ2n) is 7.04. The Morgan fingerprint density at radius 2 is 1.81 bits per heavy atom. The quantitative estimate of drug-likeness (QED) is 0.882. The molecule has 1 heterocycles. The molecule has 0 bridgehead atoms. The monoisotopic (exact) mass is 366 g/mol. The Morgan fingerprint density at radius 3 is 2.44 bits per heavy atom. The number of ether oxygens (including phenoxy) is 1. The van der Waals surface area contributed by atoms with Crippen LogP contribution in [0.5, 0.6) is 5.75 Å². The maximum atomic E-state index is 12.5. The van der Waals surface area contributed by atoms with E-state index in [2.05, 4.69) is 5.32 Å². The first-order valence-electron chi connectivity index (χ1n) is 9.33. The molecule has 0 spiro atoms. The number of carbonyl (C=O) groups is 2. The van der Waals surface area contributed by atoms with Crippen molar-refractivity contribution >= 4 is 17.5 Å². The zero-order valence-corrected chi connectivity index (χ0v) is 15.9. The van der Waals surface area contributed by atoms with E-state index in [1.165, 1.54) is 0 Å². The molecule has 3 rings (SSSR count). The Bertz CT molecular complexity index is 793. The number of hydrogen-bond acceptors (Lipinski definition) is 3. The number of likely N-dealkylation sites (tertiary alicyclic amines) is 1. The van der Waals surface area contributed by atoms with E-state index in [0.717, 1.165) is 22.6 Å². The van der Waals surface area contributed by atoms with Crippen molar-refractivity contribution in [2.75, 3.05) is 25.5 Å². The van der Waals surface area contributed by atoms with Crippen LogP contribution in [0.4, 0.5) is 5.69 Å². The third-order valence-corrected chi connectivity index (χ3v) is 5.01. The molecule has 0 aliphatic carbocycles. The van der Waals surface area contributed by atoms with Crippen molar-refractivity contribution in [1.82, 2.24) is 4.90 Å². The molecule has 2 aromatic rings. The number of hydrogen-bond donors (Lipinski definition) is 1. The van der Waals surface area contributed by atoms with Gasteiger partial charge in [-0.15, -0.1) is 0 Å². The van der Waals surface area contributed by atoms with Crippen LogP contribution in [0, 0.1) is 12.8 Å². The lowest BCUT2D eigenvalue weighted by Crippen LogP contribution is -2.42. The van der Waals surface area contributed by atoms with Crippen LogP contribution in [-0.2, 0) is 16.0 Å². The van der Waals surface area contributed by atoms with Gasteiger partial charge in [0.25, 0.3) is 0 Å². The van der Waals surface area contributed by atoms with Crippen molar-refractivity contribution < 1.29 is 14.3 Å². The number of carbonyl (C=O) groups excluding carboxylic acids is 2. The lowest BCUT2D eigenvalue weighted by molar-refractivity contribution is -0.133. The van der Waals surface area contributed by atoms with Gasteiger partial charge in [0.05, 0.1) is 13.5 Å². The highest BCUT2D eigenvalue weighted by molar-refractivity contribution is 5.92. The summed E-state index contributed by atoms with van der Waals surface area (Å²) in [5, 5.41) is 2.96. The van der Waals surface area contributed by atoms with Crippen molar-refractivity contribution in [2.45, 2.75) is 26.2 Å². The van der Waals surface area contributed by atoms with E-state index in [4.69, 9.17) is 4.74 Å². The minimum atomic E-state index is -0.0601. The summed E-state index contributed by atoms with van der Waals surface area (Å²) < 4.78 is 5.12. The summed E-state index contributed by atoms with van der Waals surface area (Å²) in [5.41, 5.74) is 2.97. The third kappa shape index (κ3) is 5.09. The van der Waals surface area contributed by atoms with Crippen molar-refractivity contribution in [3.8, 4) is 5.75 Å². The van der Waals surface area contributed by atoms with Gasteiger partial charge in [-0.25, -0.2) is 0 Å². The Hall–Kier alpha value is -2.82. The second kappa shape index (κ2) is 8.71. The molecule has 142 valence electrons. The third-order valence-electron chi connectivity index (χ3n) is 5.01. The SMILES string of the molecule is COc1ccc(NC(=O)C2CCN(C(=O)Cc3cccc(C)c3)CC2)cc1. The predicted octanol–water partition coefficient (Wildman–Crippen LogP) is 3.42. The molecule has 1 fully saturated rings. The average Bonchev–Trinajstić information content (AvgIpc) is 2.68. The molecule has 1 saturated heterocycles. The molecular weight excluding hydrogens is 340 g/mol. The number of aryl methyl sites for hydroxylation is 1. The lowest BCUT2D eigenvalue weighted by Gasteiger charge is -2.31. The fourth-order valence-electron chi connectivity index (χ4n) is 3.42. The number of piperidine rings is 1. The highest BCUT2D eigenvalue weighted by Crippen LogP contribution is 2.21. The lowest BCUT2D eigenvalue weighted by atomic mass is 9.95. The van der Waals surface area contributed by atoms with Crippen LogP contribution in [0.15, 0.2) is 48.5 Å². The van der Waals surface area contributed by atoms with E-state index in [0.29, 0.717) is 32.4 Å². The van der Waals surface area contributed by atoms with Crippen molar-refractivity contribution in [2.24, 2.45) is 5.92 Å². The van der Waals surface area contributed by atoms with Gasteiger partial charge in [-0.2, -0.15) is 0 Å². The van der Waals surface area contributed by atoms with Gasteiger partial charge in [-0.05, 0) is 49.6 Å². The van der Waals surface area contributed by atoms with Crippen LogP contribution in [0.2, 0.25) is 0 Å². The highest BCUT2D eigenvalue weighted by Gasteiger charge is 2.27. The van der Waals surface area contributed by atoms with Gasteiger partial charge in [0.2, 0.25) is 11.8 Å². The van der Waals surface area contributed by atoms with E-state index < -0.39 is 0 Å². The molecule has 0 saturated carbocycles. The first-order valence-corrected chi connectivity index (χ1v) is 9.33. The highest BCUT2D eigenvalue weighted by atomic mass is 16.5.